The van der Waals surface area contributed by atoms with Gasteiger partial charge < -0.3 is 26.4 Å². The Hall–Kier alpha value is -3.30. The lowest BCUT2D eigenvalue weighted by Gasteiger charge is -2.10. The van der Waals surface area contributed by atoms with Gasteiger partial charge in [-0.2, -0.15) is 21.6 Å². The first-order chi connectivity index (χ1) is 16.4. The highest BCUT2D eigenvalue weighted by Crippen LogP contribution is 2.41. The Morgan fingerprint density at radius 3 is 2.17 bits per heavy atom. The summed E-state index contributed by atoms with van der Waals surface area (Å²) in [6, 6.07) is 9.04. The molecule has 0 aliphatic carbocycles. The molecule has 0 bridgehead atoms. The fourth-order valence-corrected chi connectivity index (χ4v) is 3.39. The predicted molar refractivity (Wildman–Crippen MR) is 123 cm³/mol. The van der Waals surface area contributed by atoms with Crippen LogP contribution in [0, 0.1) is 0 Å². The van der Waals surface area contributed by atoms with Gasteiger partial charge in [0, 0.05) is 19.2 Å². The van der Waals surface area contributed by atoms with E-state index in [0.29, 0.717) is 13.1 Å². The van der Waals surface area contributed by atoms with Gasteiger partial charge in [-0.15, -0.1) is 10.2 Å². The van der Waals surface area contributed by atoms with Crippen molar-refractivity contribution in [3.63, 3.8) is 0 Å². The monoisotopic (exact) mass is 516 g/mol. The van der Waals surface area contributed by atoms with Crippen molar-refractivity contribution in [3.05, 3.63) is 54.1 Å². The molecule has 0 unspecified atom stereocenters. The Bertz CT molecular complexity index is 1300. The van der Waals surface area contributed by atoms with Gasteiger partial charge >= 0.3 is 6.18 Å². The zero-order valence-electron chi connectivity index (χ0n) is 18.1. The minimum atomic E-state index is -4.65. The number of azo groups is 1. The van der Waals surface area contributed by atoms with Crippen LogP contribution in [0.3, 0.4) is 0 Å². The van der Waals surface area contributed by atoms with E-state index in [4.69, 9.17) is 20.5 Å². The van der Waals surface area contributed by atoms with Gasteiger partial charge in [-0.1, -0.05) is 18.2 Å². The van der Waals surface area contributed by atoms with Crippen molar-refractivity contribution in [1.29, 1.82) is 0 Å². The minimum absolute atomic E-state index is 0.00403. The zero-order chi connectivity index (χ0) is 26.2. The predicted octanol–water partition coefficient (Wildman–Crippen LogP) is 3.37. The summed E-state index contributed by atoms with van der Waals surface area (Å²) in [5.74, 6) is -0.588. The Labute approximate surface area is 198 Å². The Kier molecular flexibility index (Phi) is 9.50. The molecule has 10 nitrogen and oxygen atoms in total. The van der Waals surface area contributed by atoms with Crippen molar-refractivity contribution >= 4 is 38.0 Å². The van der Waals surface area contributed by atoms with E-state index in [-0.39, 0.29) is 35.4 Å². The molecule has 0 amide bonds. The number of hydrogen-bond acceptors (Lipinski definition) is 9. The van der Waals surface area contributed by atoms with E-state index < -0.39 is 38.2 Å². The number of hydrogen-bond donors (Lipinski definition) is 6. The molecule has 0 fully saturated rings. The van der Waals surface area contributed by atoms with E-state index in [1.807, 2.05) is 0 Å². The third-order valence-electron chi connectivity index (χ3n) is 4.42. The molecule has 3 rings (SSSR count). The lowest BCUT2D eigenvalue weighted by Crippen LogP contribution is -2.21. The minimum Gasteiger partial charge on any atom is -0.507 e. The van der Waals surface area contributed by atoms with Gasteiger partial charge in [-0.3, -0.25) is 4.55 Å². The lowest BCUT2D eigenvalue weighted by atomic mass is 10.1. The van der Waals surface area contributed by atoms with Crippen LogP contribution in [0.5, 0.6) is 5.75 Å². The highest BCUT2D eigenvalue weighted by atomic mass is 32.2. The molecule has 35 heavy (non-hydrogen) atoms. The van der Waals surface area contributed by atoms with E-state index in [2.05, 4.69) is 15.5 Å². The number of rotatable bonds is 7. The van der Waals surface area contributed by atoms with Gasteiger partial charge in [0.25, 0.3) is 10.1 Å². The van der Waals surface area contributed by atoms with E-state index in [1.54, 1.807) is 0 Å². The van der Waals surface area contributed by atoms with Crippen LogP contribution in [-0.4, -0.2) is 54.6 Å². The van der Waals surface area contributed by atoms with Crippen LogP contribution in [0.25, 0.3) is 10.8 Å². The third-order valence-corrected chi connectivity index (χ3v) is 5.25. The third kappa shape index (κ3) is 7.60. The second-order valence-electron chi connectivity index (χ2n) is 6.93. The van der Waals surface area contributed by atoms with Gasteiger partial charge in [-0.05, 0) is 29.7 Å². The molecular formula is C21H23F3N4O6S. The number of alkyl halides is 3. The number of halogens is 3. The molecule has 0 saturated heterocycles. The number of aromatic hydroxyl groups is 1. The normalized spacial score (nSPS) is 12.1. The van der Waals surface area contributed by atoms with Crippen LogP contribution >= 0.6 is 0 Å². The Morgan fingerprint density at radius 2 is 1.60 bits per heavy atom. The van der Waals surface area contributed by atoms with Gasteiger partial charge in [0.2, 0.25) is 0 Å². The number of aliphatic hydroxyl groups excluding tert-OH is 2. The van der Waals surface area contributed by atoms with Crippen molar-refractivity contribution in [2.45, 2.75) is 11.1 Å². The number of phenols is 1. The summed E-state index contributed by atoms with van der Waals surface area (Å²) in [5.41, 5.74) is 4.20. The average molecular weight is 516 g/mol. The zero-order valence-corrected chi connectivity index (χ0v) is 18.9. The fourth-order valence-electron chi connectivity index (χ4n) is 2.86. The van der Waals surface area contributed by atoms with Crippen molar-refractivity contribution < 1.29 is 41.5 Å². The maximum Gasteiger partial charge on any atom is 0.418 e. The van der Waals surface area contributed by atoms with Gasteiger partial charge in [0.15, 0.2) is 0 Å². The molecule has 14 heteroatoms. The van der Waals surface area contributed by atoms with Crippen molar-refractivity contribution in [1.82, 2.24) is 5.32 Å². The molecule has 0 aliphatic heterocycles. The molecule has 0 atom stereocenters. The molecule has 3 aromatic rings. The van der Waals surface area contributed by atoms with Crippen LogP contribution in [0.1, 0.15) is 5.56 Å². The fraction of sp³-hybridized carbons (Fsp3) is 0.238. The van der Waals surface area contributed by atoms with Crippen molar-refractivity contribution in [3.8, 4) is 5.75 Å². The summed E-state index contributed by atoms with van der Waals surface area (Å²) < 4.78 is 71.0. The second-order valence-corrected chi connectivity index (χ2v) is 8.35. The smallest absolute Gasteiger partial charge is 0.418 e. The number of benzene rings is 3. The van der Waals surface area contributed by atoms with Crippen molar-refractivity contribution in [2.24, 2.45) is 10.2 Å². The Morgan fingerprint density at radius 1 is 0.971 bits per heavy atom. The Balaban J connectivity index is 0.000000540. The van der Waals surface area contributed by atoms with E-state index >= 15 is 0 Å². The SMILES string of the molecule is Nc1ccc2cc(S(=O)(=O)O)cc(O)c2c1N=Nc1ccccc1C(F)(F)F.OCCNCCO. The molecule has 0 saturated carbocycles. The number of anilines is 1. The van der Waals surface area contributed by atoms with Crippen LogP contribution in [-0.2, 0) is 16.3 Å². The van der Waals surface area contributed by atoms with E-state index in [1.165, 1.54) is 24.3 Å². The van der Waals surface area contributed by atoms with Crippen LogP contribution in [0.4, 0.5) is 30.2 Å². The first-order valence-electron chi connectivity index (χ1n) is 9.93. The summed E-state index contributed by atoms with van der Waals surface area (Å²) in [4.78, 5) is -0.562. The highest BCUT2D eigenvalue weighted by Gasteiger charge is 2.33. The molecule has 0 radical (unpaired) electrons. The summed E-state index contributed by atoms with van der Waals surface area (Å²) in [6.45, 7) is 1.42. The number of nitrogens with zero attached hydrogens (tertiary/aromatic N) is 2. The molecular weight excluding hydrogens is 493 g/mol. The summed E-state index contributed by atoms with van der Waals surface area (Å²) in [7, 11) is -4.59. The first kappa shape index (κ1) is 27.9. The number of aliphatic hydroxyl groups is 2. The molecule has 0 aliphatic rings. The van der Waals surface area contributed by atoms with Crippen LogP contribution in [0.15, 0.2) is 63.7 Å². The van der Waals surface area contributed by atoms with Crippen LogP contribution in [0.2, 0.25) is 0 Å². The summed E-state index contributed by atoms with van der Waals surface area (Å²) in [5, 5.41) is 36.8. The molecule has 0 aromatic heterocycles. The molecule has 3 aromatic carbocycles. The average Bonchev–Trinajstić information content (AvgIpc) is 2.78. The molecule has 0 heterocycles. The molecule has 0 spiro atoms. The number of nitrogens with one attached hydrogen (secondary N) is 1. The van der Waals surface area contributed by atoms with Gasteiger partial charge in [-0.25, -0.2) is 0 Å². The number of nitrogen functional groups attached to an aromatic ring is 1. The number of nitrogens with two attached hydrogens (primary N) is 1. The number of phenolic OH excluding ortho intramolecular Hbond substituents is 1. The second kappa shape index (κ2) is 11.9. The summed E-state index contributed by atoms with van der Waals surface area (Å²) >= 11 is 0. The van der Waals surface area contributed by atoms with Gasteiger partial charge in [0.05, 0.1) is 40.4 Å². The summed E-state index contributed by atoms with van der Waals surface area (Å²) in [6.07, 6.45) is -4.65. The largest absolute Gasteiger partial charge is 0.507 e. The molecule has 7 N–H and O–H groups in total. The van der Waals surface area contributed by atoms with Gasteiger partial charge in [0.1, 0.15) is 11.4 Å². The standard InChI is InChI=1S/C17H12F3N3O4S.C4H11NO2/c18-17(19,20)11-3-1-2-4-13(11)22-23-16-12(21)6-5-9-7-10(28(25,26)27)8-14(24)15(9)16;6-3-1-5-2-4-7/h1-8,24H,21H2,(H,25,26,27);5-7H,1-4H2. The topological polar surface area (TPSA) is 178 Å². The van der Waals surface area contributed by atoms with E-state index in [9.17, 15) is 26.7 Å². The van der Waals surface area contributed by atoms with Crippen molar-refractivity contribution in [2.75, 3.05) is 32.0 Å². The highest BCUT2D eigenvalue weighted by molar-refractivity contribution is 7.85. The first-order valence-corrected chi connectivity index (χ1v) is 11.4. The maximum absolute atomic E-state index is 13.1. The van der Waals surface area contributed by atoms with E-state index in [0.717, 1.165) is 24.3 Å². The molecule has 190 valence electrons. The lowest BCUT2D eigenvalue weighted by molar-refractivity contribution is -0.137. The van der Waals surface area contributed by atoms with Crippen LogP contribution < -0.4 is 11.1 Å². The number of fused-ring (bicyclic) bond motifs is 1. The maximum atomic E-state index is 13.1. The quantitative estimate of drug-likeness (QED) is 0.120.